The van der Waals surface area contributed by atoms with Crippen molar-refractivity contribution < 1.29 is 14.6 Å². The van der Waals surface area contributed by atoms with Crippen molar-refractivity contribution in [2.24, 2.45) is 0 Å². The summed E-state index contributed by atoms with van der Waals surface area (Å²) in [4.78, 5) is 22.2. The smallest absolute Gasteiger partial charge is 0.303 e. The first-order valence-electron chi connectivity index (χ1n) is 14.6. The summed E-state index contributed by atoms with van der Waals surface area (Å²) in [6.07, 6.45) is 3.71. The van der Waals surface area contributed by atoms with Crippen molar-refractivity contribution in [1.82, 2.24) is 9.97 Å². The van der Waals surface area contributed by atoms with Gasteiger partial charge in [0.1, 0.15) is 0 Å². The third-order valence-corrected chi connectivity index (χ3v) is 7.36. The maximum Gasteiger partial charge on any atom is 0.303 e. The van der Waals surface area contributed by atoms with Crippen LogP contribution in [0, 0.1) is 32.1 Å². The van der Waals surface area contributed by atoms with Crippen molar-refractivity contribution >= 4 is 11.9 Å². The molecule has 1 N–H and O–H groups in total. The second kappa shape index (κ2) is 13.5. The Morgan fingerprint density at radius 1 is 0.930 bits per heavy atom. The number of hydrogen-bond donors (Lipinski definition) is 1. The summed E-state index contributed by atoms with van der Waals surface area (Å²) in [5.41, 5.74) is 9.83. The van der Waals surface area contributed by atoms with Crippen LogP contribution in [0.2, 0.25) is 0 Å². The zero-order valence-corrected chi connectivity index (χ0v) is 25.9. The molecular formula is C36H40N4O3. The minimum atomic E-state index is -0.850. The summed E-state index contributed by atoms with van der Waals surface area (Å²) in [7, 11) is 0. The number of anilines is 1. The van der Waals surface area contributed by atoms with Crippen molar-refractivity contribution in [3.05, 3.63) is 106 Å². The van der Waals surface area contributed by atoms with E-state index in [9.17, 15) is 10.1 Å². The maximum absolute atomic E-state index is 10.8. The third kappa shape index (κ3) is 8.42. The van der Waals surface area contributed by atoms with Crippen LogP contribution in [0.1, 0.15) is 72.6 Å². The molecule has 43 heavy (non-hydrogen) atoms. The molecule has 0 aliphatic carbocycles. The van der Waals surface area contributed by atoms with Crippen LogP contribution < -0.4 is 9.64 Å². The average Bonchev–Trinajstić information content (AvgIpc) is 2.95. The van der Waals surface area contributed by atoms with E-state index in [4.69, 9.17) is 9.84 Å². The number of nitrogens with zero attached hydrogens (tertiary/aromatic N) is 4. The fourth-order valence-corrected chi connectivity index (χ4v) is 5.10. The zero-order valence-electron chi connectivity index (χ0n) is 25.9. The van der Waals surface area contributed by atoms with Gasteiger partial charge in [-0.2, -0.15) is 5.26 Å². The van der Waals surface area contributed by atoms with E-state index in [1.54, 1.807) is 12.4 Å². The molecule has 3 aromatic carbocycles. The quantitative estimate of drug-likeness (QED) is 0.183. The Hall–Kier alpha value is -4.70. The average molecular weight is 577 g/mol. The normalized spacial score (nSPS) is 11.2. The molecule has 222 valence electrons. The molecule has 1 heterocycles. The largest absolute Gasteiger partial charge is 0.490 e. The Kier molecular flexibility index (Phi) is 9.82. The topological polar surface area (TPSA) is 99.3 Å². The standard InChI is InChI=1S/C36H40N4O3/c1-24-9-12-32(33-18-30(36(4,5)6)11-10-26(33)3)29(16-24)23-40(22-28-15-25(2)14-27(17-28)19-37)35-38-20-31(21-39-35)43-13-7-8-34(41)42/h9-12,14-18,20-21H,7-8,13,22-23H2,1-6H3,(H,41,42). The number of hydrogen-bond acceptors (Lipinski definition) is 6. The van der Waals surface area contributed by atoms with Crippen molar-refractivity contribution in [3.8, 4) is 22.9 Å². The SMILES string of the molecule is Cc1cc(C#N)cc(CN(Cc2cc(C)ccc2-c2cc(C(C)(C)C)ccc2C)c2ncc(OCCCC(=O)O)cn2)c1. The van der Waals surface area contributed by atoms with E-state index in [1.807, 2.05) is 19.1 Å². The Morgan fingerprint density at radius 3 is 2.35 bits per heavy atom. The van der Waals surface area contributed by atoms with Gasteiger partial charge in [0, 0.05) is 19.5 Å². The van der Waals surface area contributed by atoms with Gasteiger partial charge in [0.15, 0.2) is 5.75 Å². The summed E-state index contributed by atoms with van der Waals surface area (Å²) >= 11 is 0. The van der Waals surface area contributed by atoms with E-state index in [0.717, 1.165) is 22.3 Å². The molecule has 4 aromatic rings. The number of aryl methyl sites for hydroxylation is 3. The van der Waals surface area contributed by atoms with Crippen LogP contribution in [0.15, 0.2) is 67.0 Å². The van der Waals surface area contributed by atoms with Crippen molar-refractivity contribution in [1.29, 1.82) is 5.26 Å². The predicted molar refractivity (Wildman–Crippen MR) is 170 cm³/mol. The van der Waals surface area contributed by atoms with Crippen LogP contribution in [0.5, 0.6) is 5.75 Å². The molecule has 0 atom stereocenters. The number of aromatic nitrogens is 2. The van der Waals surface area contributed by atoms with Crippen molar-refractivity contribution in [2.75, 3.05) is 11.5 Å². The minimum absolute atomic E-state index is 0.0221. The lowest BCUT2D eigenvalue weighted by molar-refractivity contribution is -0.137. The van der Waals surface area contributed by atoms with Crippen LogP contribution in [0.25, 0.3) is 11.1 Å². The van der Waals surface area contributed by atoms with E-state index < -0.39 is 5.97 Å². The molecule has 0 bridgehead atoms. The highest BCUT2D eigenvalue weighted by atomic mass is 16.5. The summed E-state index contributed by atoms with van der Waals surface area (Å²) in [5, 5.41) is 18.5. The molecule has 7 nitrogen and oxygen atoms in total. The molecule has 0 saturated heterocycles. The van der Waals surface area contributed by atoms with Crippen molar-refractivity contribution in [3.63, 3.8) is 0 Å². The maximum atomic E-state index is 10.8. The van der Waals surface area contributed by atoms with Gasteiger partial charge >= 0.3 is 5.97 Å². The summed E-state index contributed by atoms with van der Waals surface area (Å²) < 4.78 is 5.68. The number of aliphatic carboxylic acids is 1. The van der Waals surface area contributed by atoms with Gasteiger partial charge in [-0.15, -0.1) is 0 Å². The lowest BCUT2D eigenvalue weighted by atomic mass is 9.83. The molecule has 0 radical (unpaired) electrons. The van der Waals surface area contributed by atoms with Gasteiger partial charge in [0.2, 0.25) is 5.95 Å². The van der Waals surface area contributed by atoms with Crippen LogP contribution in [0.4, 0.5) is 5.95 Å². The molecule has 0 unspecified atom stereocenters. The molecule has 0 saturated carbocycles. The Morgan fingerprint density at radius 2 is 1.67 bits per heavy atom. The number of carbonyl (C=O) groups is 1. The van der Waals surface area contributed by atoms with Crippen LogP contribution in [0.3, 0.4) is 0 Å². The van der Waals surface area contributed by atoms with E-state index in [2.05, 4.69) is 98.0 Å². The van der Waals surface area contributed by atoms with E-state index in [1.165, 1.54) is 22.3 Å². The van der Waals surface area contributed by atoms with Gasteiger partial charge in [0.25, 0.3) is 0 Å². The Bertz CT molecular complexity index is 1630. The molecule has 0 aliphatic rings. The summed E-state index contributed by atoms with van der Waals surface area (Å²) in [5.74, 6) is 0.171. The van der Waals surface area contributed by atoms with Gasteiger partial charge in [-0.25, -0.2) is 9.97 Å². The molecule has 1 aromatic heterocycles. The van der Waals surface area contributed by atoms with E-state index in [-0.39, 0.29) is 18.4 Å². The van der Waals surface area contributed by atoms with Crippen LogP contribution in [-0.4, -0.2) is 27.7 Å². The first-order valence-corrected chi connectivity index (χ1v) is 14.6. The number of nitriles is 1. The first-order chi connectivity index (χ1) is 20.4. The molecule has 0 spiro atoms. The highest BCUT2D eigenvalue weighted by Gasteiger charge is 2.19. The summed E-state index contributed by atoms with van der Waals surface area (Å²) in [6, 6.07) is 21.4. The second-order valence-corrected chi connectivity index (χ2v) is 12.2. The molecule has 7 heteroatoms. The molecule has 4 rings (SSSR count). The van der Waals surface area contributed by atoms with Gasteiger partial charge < -0.3 is 14.7 Å². The second-order valence-electron chi connectivity index (χ2n) is 12.2. The number of ether oxygens (including phenoxy) is 1. The lowest BCUT2D eigenvalue weighted by Crippen LogP contribution is -2.25. The Labute approximate surface area is 254 Å². The third-order valence-electron chi connectivity index (χ3n) is 7.36. The summed E-state index contributed by atoms with van der Waals surface area (Å²) in [6.45, 7) is 14.3. The molecule has 0 amide bonds. The fraction of sp³-hybridized carbons (Fsp3) is 0.333. The number of carboxylic acids is 1. The van der Waals surface area contributed by atoms with Gasteiger partial charge in [-0.05, 0) is 83.7 Å². The van der Waals surface area contributed by atoms with Gasteiger partial charge in [0.05, 0.1) is 30.6 Å². The fourth-order valence-electron chi connectivity index (χ4n) is 5.10. The lowest BCUT2D eigenvalue weighted by Gasteiger charge is -2.26. The van der Waals surface area contributed by atoms with E-state index in [0.29, 0.717) is 36.8 Å². The Balaban J connectivity index is 1.72. The molecular weight excluding hydrogens is 536 g/mol. The molecule has 0 fully saturated rings. The highest BCUT2D eigenvalue weighted by molar-refractivity contribution is 5.72. The zero-order chi connectivity index (χ0) is 31.1. The molecule has 0 aliphatic heterocycles. The predicted octanol–water partition coefficient (Wildman–Crippen LogP) is 7.69. The number of carboxylic acid groups (broad SMARTS) is 1. The number of rotatable bonds is 11. The van der Waals surface area contributed by atoms with Crippen LogP contribution in [-0.2, 0) is 23.3 Å². The minimum Gasteiger partial charge on any atom is -0.490 e. The van der Waals surface area contributed by atoms with Crippen molar-refractivity contribution in [2.45, 2.75) is 72.9 Å². The van der Waals surface area contributed by atoms with Crippen LogP contribution >= 0.6 is 0 Å². The van der Waals surface area contributed by atoms with E-state index >= 15 is 0 Å². The number of benzene rings is 3. The van der Waals surface area contributed by atoms with Gasteiger partial charge in [-0.1, -0.05) is 68.8 Å². The van der Waals surface area contributed by atoms with Gasteiger partial charge in [-0.3, -0.25) is 4.79 Å². The monoisotopic (exact) mass is 576 g/mol. The highest BCUT2D eigenvalue weighted by Crippen LogP contribution is 2.34. The first kappa shape index (κ1) is 31.2.